The Balaban J connectivity index is 1.35. The lowest BCUT2D eigenvalue weighted by Gasteiger charge is -2.36. The molecule has 36 heavy (non-hydrogen) atoms. The molecule has 196 valence electrons. The van der Waals surface area contributed by atoms with E-state index in [1.54, 1.807) is 0 Å². The highest BCUT2D eigenvalue weighted by molar-refractivity contribution is 5.74. The Bertz CT molecular complexity index is 997. The average Bonchev–Trinajstić information content (AvgIpc) is 3.37. The van der Waals surface area contributed by atoms with Gasteiger partial charge < -0.3 is 28.6 Å². The molecule has 0 amide bonds. The van der Waals surface area contributed by atoms with Gasteiger partial charge in [-0.25, -0.2) is 0 Å². The Kier molecular flexibility index (Phi) is 8.17. The Morgan fingerprint density at radius 1 is 0.917 bits per heavy atom. The minimum atomic E-state index is -0.328. The van der Waals surface area contributed by atoms with Crippen LogP contribution in [-0.4, -0.2) is 50.4 Å². The second kappa shape index (κ2) is 11.7. The lowest BCUT2D eigenvalue weighted by Crippen LogP contribution is -2.34. The molecule has 0 unspecified atom stereocenters. The first-order valence-electron chi connectivity index (χ1n) is 13.8. The second-order valence-corrected chi connectivity index (χ2v) is 9.99. The summed E-state index contributed by atoms with van der Waals surface area (Å²) in [7, 11) is 0. The zero-order chi connectivity index (χ0) is 24.8. The smallest absolute Gasteiger partial charge is 0.241 e. The number of nitrogens with zero attached hydrogens (tertiary/aromatic N) is 2. The summed E-state index contributed by atoms with van der Waals surface area (Å²) in [5, 5.41) is 0. The molecule has 1 aromatic carbocycles. The summed E-state index contributed by atoms with van der Waals surface area (Å²) in [6.07, 6.45) is 8.22. The third-order valence-electron chi connectivity index (χ3n) is 7.47. The maximum atomic E-state index is 6.16. The van der Waals surface area contributed by atoms with E-state index < -0.39 is 0 Å². The van der Waals surface area contributed by atoms with Crippen LogP contribution in [0.2, 0.25) is 0 Å². The molecule has 0 bridgehead atoms. The maximum Gasteiger partial charge on any atom is 0.241 e. The van der Waals surface area contributed by atoms with Crippen molar-refractivity contribution in [2.24, 2.45) is 0 Å². The van der Waals surface area contributed by atoms with Crippen LogP contribution in [-0.2, 0) is 9.47 Å². The first-order chi connectivity index (χ1) is 17.7. The summed E-state index contributed by atoms with van der Waals surface area (Å²) < 4.78 is 30.0. The van der Waals surface area contributed by atoms with Gasteiger partial charge in [0, 0.05) is 18.9 Å². The minimum Gasteiger partial charge on any atom is -0.490 e. The van der Waals surface area contributed by atoms with Gasteiger partial charge in [-0.3, -0.25) is 0 Å². The van der Waals surface area contributed by atoms with E-state index in [2.05, 4.69) is 43.0 Å². The molecule has 2 aliphatic heterocycles. The SMILES string of the molecule is CCCCOc1ccc(N2CCOc3cc(C4CCC5(CC4)OCCO5)ccc32)c(OCCCC)n1. The third-order valence-corrected chi connectivity index (χ3v) is 7.47. The van der Waals surface area contributed by atoms with Crippen LogP contribution < -0.4 is 19.1 Å². The normalized spacial score (nSPS) is 19.2. The topological polar surface area (TPSA) is 62.3 Å². The first kappa shape index (κ1) is 25.2. The molecule has 3 heterocycles. The molecular formula is C29H40N2O5. The van der Waals surface area contributed by atoms with Gasteiger partial charge in [-0.05, 0) is 55.4 Å². The molecule has 0 N–H and O–H groups in total. The minimum absolute atomic E-state index is 0.328. The Morgan fingerprint density at radius 2 is 1.64 bits per heavy atom. The fourth-order valence-corrected chi connectivity index (χ4v) is 5.36. The van der Waals surface area contributed by atoms with Gasteiger partial charge in [-0.2, -0.15) is 4.98 Å². The molecule has 2 aromatic rings. The molecule has 0 radical (unpaired) electrons. The molecule has 1 saturated carbocycles. The summed E-state index contributed by atoms with van der Waals surface area (Å²) in [6.45, 7) is 8.43. The summed E-state index contributed by atoms with van der Waals surface area (Å²) in [6, 6.07) is 10.7. The van der Waals surface area contributed by atoms with E-state index in [1.807, 2.05) is 6.07 Å². The lowest BCUT2D eigenvalue weighted by molar-refractivity contribution is -0.178. The van der Waals surface area contributed by atoms with Crippen molar-refractivity contribution in [1.29, 1.82) is 0 Å². The molecule has 1 aromatic heterocycles. The monoisotopic (exact) mass is 496 g/mol. The fraction of sp³-hybridized carbons (Fsp3) is 0.621. The molecule has 1 saturated heterocycles. The lowest BCUT2D eigenvalue weighted by atomic mass is 9.81. The number of benzene rings is 1. The van der Waals surface area contributed by atoms with E-state index in [9.17, 15) is 0 Å². The van der Waals surface area contributed by atoms with Crippen LogP contribution in [0.3, 0.4) is 0 Å². The van der Waals surface area contributed by atoms with Crippen molar-refractivity contribution in [1.82, 2.24) is 4.98 Å². The van der Waals surface area contributed by atoms with Gasteiger partial charge in [-0.1, -0.05) is 32.8 Å². The van der Waals surface area contributed by atoms with Crippen molar-refractivity contribution in [2.45, 2.75) is 76.9 Å². The van der Waals surface area contributed by atoms with Crippen LogP contribution >= 0.6 is 0 Å². The van der Waals surface area contributed by atoms with Gasteiger partial charge in [0.1, 0.15) is 18.0 Å². The van der Waals surface area contributed by atoms with Crippen molar-refractivity contribution in [3.8, 4) is 17.5 Å². The van der Waals surface area contributed by atoms with Crippen molar-refractivity contribution < 1.29 is 23.7 Å². The number of anilines is 2. The number of fused-ring (bicyclic) bond motifs is 1. The molecule has 7 nitrogen and oxygen atoms in total. The highest BCUT2D eigenvalue weighted by atomic mass is 16.7. The number of aromatic nitrogens is 1. The number of pyridine rings is 1. The van der Waals surface area contributed by atoms with Gasteiger partial charge in [0.25, 0.3) is 0 Å². The molecule has 3 aliphatic rings. The Hall–Kier alpha value is -2.51. The van der Waals surface area contributed by atoms with Gasteiger partial charge in [0.05, 0.1) is 38.7 Å². The van der Waals surface area contributed by atoms with Crippen LogP contribution in [0, 0.1) is 0 Å². The number of ether oxygens (including phenoxy) is 5. The number of rotatable bonds is 10. The van der Waals surface area contributed by atoms with E-state index in [4.69, 9.17) is 28.7 Å². The van der Waals surface area contributed by atoms with Crippen LogP contribution in [0.25, 0.3) is 0 Å². The summed E-state index contributed by atoms with van der Waals surface area (Å²) in [4.78, 5) is 7.01. The molecule has 2 fully saturated rings. The maximum absolute atomic E-state index is 6.16. The first-order valence-corrected chi connectivity index (χ1v) is 13.8. The van der Waals surface area contributed by atoms with E-state index >= 15 is 0 Å². The number of hydrogen-bond donors (Lipinski definition) is 0. The van der Waals surface area contributed by atoms with Gasteiger partial charge >= 0.3 is 0 Å². The highest BCUT2D eigenvalue weighted by Gasteiger charge is 2.40. The van der Waals surface area contributed by atoms with Crippen LogP contribution in [0.5, 0.6) is 17.5 Å². The van der Waals surface area contributed by atoms with Crippen molar-refractivity contribution in [3.63, 3.8) is 0 Å². The summed E-state index contributed by atoms with van der Waals surface area (Å²) in [5.74, 6) is 2.35. The predicted octanol–water partition coefficient (Wildman–Crippen LogP) is 6.37. The summed E-state index contributed by atoms with van der Waals surface area (Å²) in [5.41, 5.74) is 3.35. The number of unbranched alkanes of at least 4 members (excludes halogenated alkanes) is 2. The number of hydrogen-bond acceptors (Lipinski definition) is 7. The van der Waals surface area contributed by atoms with Gasteiger partial charge in [-0.15, -0.1) is 0 Å². The molecular weight excluding hydrogens is 456 g/mol. The molecule has 1 aliphatic carbocycles. The third kappa shape index (κ3) is 5.57. The van der Waals surface area contributed by atoms with Gasteiger partial charge in [0.15, 0.2) is 5.79 Å². The second-order valence-electron chi connectivity index (χ2n) is 9.99. The summed E-state index contributed by atoms with van der Waals surface area (Å²) >= 11 is 0. The zero-order valence-electron chi connectivity index (χ0n) is 21.8. The van der Waals surface area contributed by atoms with Crippen molar-refractivity contribution >= 4 is 11.4 Å². The Morgan fingerprint density at radius 3 is 2.39 bits per heavy atom. The van der Waals surface area contributed by atoms with Crippen LogP contribution in [0.1, 0.15) is 76.7 Å². The van der Waals surface area contributed by atoms with Crippen LogP contribution in [0.15, 0.2) is 30.3 Å². The van der Waals surface area contributed by atoms with Gasteiger partial charge in [0.2, 0.25) is 11.8 Å². The molecule has 1 spiro atoms. The van der Waals surface area contributed by atoms with E-state index in [0.717, 1.165) is 88.2 Å². The fourth-order valence-electron chi connectivity index (χ4n) is 5.36. The van der Waals surface area contributed by atoms with Crippen LogP contribution in [0.4, 0.5) is 11.4 Å². The largest absolute Gasteiger partial charge is 0.490 e. The van der Waals surface area contributed by atoms with E-state index in [0.29, 0.717) is 37.5 Å². The standard InChI is InChI=1S/C29H40N2O5/c1-3-5-16-33-27-10-9-25(28(30-27)34-17-6-4-2)31-15-18-32-26-21-23(7-8-24(26)31)22-11-13-29(14-12-22)35-19-20-36-29/h7-10,21-22H,3-6,11-20H2,1-2H3. The Labute approximate surface area is 215 Å². The van der Waals surface area contributed by atoms with E-state index in [1.165, 1.54) is 5.56 Å². The zero-order valence-corrected chi connectivity index (χ0v) is 21.8. The molecule has 5 rings (SSSR count). The quantitative estimate of drug-likeness (QED) is 0.354. The van der Waals surface area contributed by atoms with Crippen molar-refractivity contribution in [3.05, 3.63) is 35.9 Å². The predicted molar refractivity (Wildman–Crippen MR) is 140 cm³/mol. The van der Waals surface area contributed by atoms with E-state index in [-0.39, 0.29) is 5.79 Å². The molecule has 0 atom stereocenters. The highest BCUT2D eigenvalue weighted by Crippen LogP contribution is 2.46. The average molecular weight is 497 g/mol. The molecule has 7 heteroatoms. The van der Waals surface area contributed by atoms with Crippen molar-refractivity contribution in [2.75, 3.05) is 44.5 Å².